The molecule has 0 fully saturated rings. The highest BCUT2D eigenvalue weighted by molar-refractivity contribution is 6.24. The number of nitrogens with zero attached hydrogens (tertiary/aromatic N) is 4. The third-order valence-electron chi connectivity index (χ3n) is 4.56. The predicted molar refractivity (Wildman–Crippen MR) is 98.6 cm³/mol. The van der Waals surface area contributed by atoms with E-state index >= 15 is 0 Å². The maximum absolute atomic E-state index is 13.0. The first-order valence-corrected chi connectivity index (χ1v) is 8.50. The van der Waals surface area contributed by atoms with Crippen LogP contribution in [0.2, 0.25) is 0 Å². The minimum absolute atomic E-state index is 0.0554. The molecule has 1 aliphatic rings. The fourth-order valence-electron chi connectivity index (χ4n) is 3.18. The molecule has 0 radical (unpaired) electrons. The van der Waals surface area contributed by atoms with Gasteiger partial charge in [0.15, 0.2) is 11.5 Å². The largest absolute Gasteiger partial charge is 0.497 e. The number of carbonyl (C=O) groups is 2. The number of hydrogen-bond acceptors (Lipinski definition) is 8. The Hall–Kier alpha value is -3.75. The Balaban J connectivity index is 1.73. The van der Waals surface area contributed by atoms with E-state index in [-0.39, 0.29) is 34.9 Å². The molecule has 9 heteroatoms. The van der Waals surface area contributed by atoms with Crippen LogP contribution in [0.25, 0.3) is 11.6 Å². The number of rotatable bonds is 4. The van der Waals surface area contributed by atoms with Crippen LogP contribution in [0.1, 0.15) is 37.8 Å². The van der Waals surface area contributed by atoms with E-state index < -0.39 is 11.8 Å². The summed E-state index contributed by atoms with van der Waals surface area (Å²) < 4.78 is 10.3. The lowest BCUT2D eigenvalue weighted by atomic mass is 10.0. The second-order valence-corrected chi connectivity index (χ2v) is 6.40. The molecule has 0 aliphatic carbocycles. The summed E-state index contributed by atoms with van der Waals surface area (Å²) in [4.78, 5) is 35.5. The Morgan fingerprint density at radius 3 is 2.36 bits per heavy atom. The average molecular weight is 379 g/mol. The van der Waals surface area contributed by atoms with Crippen molar-refractivity contribution >= 4 is 17.5 Å². The molecule has 9 nitrogen and oxygen atoms in total. The highest BCUT2D eigenvalue weighted by atomic mass is 16.5. The molecular weight excluding hydrogens is 362 g/mol. The van der Waals surface area contributed by atoms with E-state index in [0.29, 0.717) is 17.3 Å². The minimum Gasteiger partial charge on any atom is -0.497 e. The molecule has 3 aromatic rings. The molecule has 4 rings (SSSR count). The van der Waals surface area contributed by atoms with Gasteiger partial charge >= 0.3 is 0 Å². The molecule has 2 amide bonds. The molecule has 2 N–H and O–H groups in total. The van der Waals surface area contributed by atoms with Crippen molar-refractivity contribution in [1.29, 1.82) is 0 Å². The monoisotopic (exact) mass is 379 g/mol. The van der Waals surface area contributed by atoms with Gasteiger partial charge in [0.2, 0.25) is 0 Å². The second-order valence-electron chi connectivity index (χ2n) is 6.40. The highest BCUT2D eigenvalue weighted by Crippen LogP contribution is 2.35. The van der Waals surface area contributed by atoms with Crippen LogP contribution in [0.5, 0.6) is 5.75 Å². The SMILES string of the molecule is COc1ccc(CN2C(=O)c3c(C)nc(-c4nc(C)no4)c(N)c3C2=O)cc1. The van der Waals surface area contributed by atoms with Crippen molar-refractivity contribution in [2.75, 3.05) is 12.8 Å². The summed E-state index contributed by atoms with van der Waals surface area (Å²) in [6.45, 7) is 3.42. The normalized spacial score (nSPS) is 13.2. The zero-order valence-corrected chi connectivity index (χ0v) is 15.5. The molecule has 142 valence electrons. The van der Waals surface area contributed by atoms with Gasteiger partial charge in [-0.3, -0.25) is 14.5 Å². The van der Waals surface area contributed by atoms with Gasteiger partial charge in [0.05, 0.1) is 36.2 Å². The number of imide groups is 1. The number of aryl methyl sites for hydroxylation is 2. The van der Waals surface area contributed by atoms with E-state index in [4.69, 9.17) is 15.0 Å². The summed E-state index contributed by atoms with van der Waals surface area (Å²) in [7, 11) is 1.57. The van der Waals surface area contributed by atoms with Crippen molar-refractivity contribution in [1.82, 2.24) is 20.0 Å². The smallest absolute Gasteiger partial charge is 0.278 e. The third kappa shape index (κ3) is 2.68. The number of nitrogens with two attached hydrogens (primary N) is 1. The van der Waals surface area contributed by atoms with E-state index in [2.05, 4.69) is 15.1 Å². The Kier molecular flexibility index (Phi) is 4.07. The first-order chi connectivity index (χ1) is 13.4. The maximum atomic E-state index is 13.0. The summed E-state index contributed by atoms with van der Waals surface area (Å²) in [5.74, 6) is 0.305. The summed E-state index contributed by atoms with van der Waals surface area (Å²) in [6.07, 6.45) is 0. The third-order valence-corrected chi connectivity index (χ3v) is 4.56. The Bertz CT molecular complexity index is 1100. The zero-order chi connectivity index (χ0) is 20.0. The van der Waals surface area contributed by atoms with Crippen LogP contribution in [-0.2, 0) is 6.54 Å². The summed E-state index contributed by atoms with van der Waals surface area (Å²) >= 11 is 0. The van der Waals surface area contributed by atoms with Crippen molar-refractivity contribution in [3.05, 3.63) is 52.5 Å². The van der Waals surface area contributed by atoms with Crippen molar-refractivity contribution in [3.8, 4) is 17.3 Å². The van der Waals surface area contributed by atoms with Gasteiger partial charge in [-0.25, -0.2) is 4.98 Å². The van der Waals surface area contributed by atoms with Crippen LogP contribution < -0.4 is 10.5 Å². The number of ether oxygens (including phenoxy) is 1. The van der Waals surface area contributed by atoms with Gasteiger partial charge in [0.25, 0.3) is 17.7 Å². The van der Waals surface area contributed by atoms with E-state index in [1.165, 1.54) is 0 Å². The molecule has 1 aliphatic heterocycles. The Morgan fingerprint density at radius 2 is 1.75 bits per heavy atom. The molecule has 0 bridgehead atoms. The molecule has 0 saturated carbocycles. The van der Waals surface area contributed by atoms with Gasteiger partial charge < -0.3 is 15.0 Å². The fourth-order valence-corrected chi connectivity index (χ4v) is 3.18. The molecule has 0 spiro atoms. The summed E-state index contributed by atoms with van der Waals surface area (Å²) in [5.41, 5.74) is 7.93. The first kappa shape index (κ1) is 17.7. The lowest BCUT2D eigenvalue weighted by Gasteiger charge is -2.14. The van der Waals surface area contributed by atoms with Crippen LogP contribution >= 0.6 is 0 Å². The van der Waals surface area contributed by atoms with Crippen molar-refractivity contribution in [2.45, 2.75) is 20.4 Å². The lowest BCUT2D eigenvalue weighted by Crippen LogP contribution is -2.29. The number of pyridine rings is 1. The molecule has 0 saturated heterocycles. The van der Waals surface area contributed by atoms with Crippen LogP contribution in [-0.4, -0.2) is 38.9 Å². The topological polar surface area (TPSA) is 124 Å². The number of amides is 2. The Morgan fingerprint density at radius 1 is 1.07 bits per heavy atom. The average Bonchev–Trinajstić information content (AvgIpc) is 3.22. The number of fused-ring (bicyclic) bond motifs is 1. The molecule has 1 aromatic carbocycles. The van der Waals surface area contributed by atoms with Crippen LogP contribution in [0.15, 0.2) is 28.8 Å². The van der Waals surface area contributed by atoms with E-state index in [0.717, 1.165) is 10.5 Å². The van der Waals surface area contributed by atoms with Gasteiger partial charge in [-0.15, -0.1) is 0 Å². The second kappa shape index (κ2) is 6.45. The molecule has 28 heavy (non-hydrogen) atoms. The highest BCUT2D eigenvalue weighted by Gasteiger charge is 2.40. The summed E-state index contributed by atoms with van der Waals surface area (Å²) in [6, 6.07) is 7.13. The molecular formula is C19H17N5O4. The Labute approximate surface area is 160 Å². The number of nitrogen functional groups attached to an aromatic ring is 1. The van der Waals surface area contributed by atoms with Crippen LogP contribution in [0.4, 0.5) is 5.69 Å². The van der Waals surface area contributed by atoms with Gasteiger partial charge in [-0.1, -0.05) is 17.3 Å². The number of hydrogen-bond donors (Lipinski definition) is 1. The van der Waals surface area contributed by atoms with E-state index in [1.807, 2.05) is 0 Å². The van der Waals surface area contributed by atoms with Crippen molar-refractivity contribution in [2.24, 2.45) is 0 Å². The molecule has 2 aromatic heterocycles. The number of methoxy groups -OCH3 is 1. The maximum Gasteiger partial charge on any atom is 0.278 e. The standard InChI is InChI=1S/C19H17N5O4/c1-9-13-14(15(20)16(21-9)17-22-10(2)23-28-17)19(26)24(18(13)25)8-11-4-6-12(27-3)7-5-11/h4-7H,8,20H2,1-3H3. The van der Waals surface area contributed by atoms with E-state index in [9.17, 15) is 9.59 Å². The van der Waals surface area contributed by atoms with Crippen molar-refractivity contribution < 1.29 is 18.8 Å². The first-order valence-electron chi connectivity index (χ1n) is 8.50. The van der Waals surface area contributed by atoms with Gasteiger partial charge in [0, 0.05) is 0 Å². The molecule has 3 heterocycles. The fraction of sp³-hybridized carbons (Fsp3) is 0.211. The number of aromatic nitrogens is 3. The quantitative estimate of drug-likeness (QED) is 0.684. The lowest BCUT2D eigenvalue weighted by molar-refractivity contribution is 0.0642. The van der Waals surface area contributed by atoms with Gasteiger partial charge in [-0.05, 0) is 31.5 Å². The zero-order valence-electron chi connectivity index (χ0n) is 15.5. The van der Waals surface area contributed by atoms with Crippen LogP contribution in [0.3, 0.4) is 0 Å². The number of anilines is 1. The molecule has 0 atom stereocenters. The number of carbonyl (C=O) groups excluding carboxylic acids is 2. The number of benzene rings is 1. The van der Waals surface area contributed by atoms with Gasteiger partial charge in [-0.2, -0.15) is 4.98 Å². The van der Waals surface area contributed by atoms with Crippen molar-refractivity contribution in [3.63, 3.8) is 0 Å². The summed E-state index contributed by atoms with van der Waals surface area (Å²) in [5, 5.41) is 3.72. The predicted octanol–water partition coefficient (Wildman–Crippen LogP) is 2.14. The minimum atomic E-state index is -0.476. The van der Waals surface area contributed by atoms with E-state index in [1.54, 1.807) is 45.2 Å². The van der Waals surface area contributed by atoms with Gasteiger partial charge in [0.1, 0.15) is 5.75 Å². The van der Waals surface area contributed by atoms with Crippen LogP contribution in [0, 0.1) is 13.8 Å². The molecule has 0 unspecified atom stereocenters.